The molecule has 0 unspecified atom stereocenters. The van der Waals surface area contributed by atoms with E-state index in [0.717, 1.165) is 46.5 Å². The Morgan fingerprint density at radius 1 is 1.02 bits per heavy atom. The van der Waals surface area contributed by atoms with Crippen LogP contribution in [0.1, 0.15) is 66.4 Å². The van der Waals surface area contributed by atoms with Gasteiger partial charge in [-0.2, -0.15) is 0 Å². The highest BCUT2D eigenvalue weighted by Gasteiger charge is 2.37. The van der Waals surface area contributed by atoms with E-state index in [1.165, 1.54) is 56.0 Å². The first-order chi connectivity index (χ1) is 19.8. The van der Waals surface area contributed by atoms with Crippen LogP contribution in [0.4, 0.5) is 0 Å². The van der Waals surface area contributed by atoms with E-state index < -0.39 is 17.4 Å². The number of nitrogens with one attached hydrogen (secondary N) is 1. The van der Waals surface area contributed by atoms with Crippen LogP contribution in [0.25, 0.3) is 22.2 Å². The zero-order valence-electron chi connectivity index (χ0n) is 23.3. The number of hydrogen-bond acceptors (Lipinski definition) is 5. The summed E-state index contributed by atoms with van der Waals surface area (Å²) in [5.41, 5.74) is 3.41. The van der Waals surface area contributed by atoms with Crippen LogP contribution in [0.15, 0.2) is 60.7 Å². The van der Waals surface area contributed by atoms with Gasteiger partial charge in [0.05, 0.1) is 19.3 Å². The Kier molecular flexibility index (Phi) is 6.85. The number of carboxylic acids is 1. The number of aromatic hydroxyl groups is 1. The highest BCUT2D eigenvalue weighted by molar-refractivity contribution is 6.03. The molecule has 3 N–H and O–H groups in total. The number of ether oxygens (including phenoxy) is 2. The molecule has 41 heavy (non-hydrogen) atoms. The molecule has 1 fully saturated rings. The number of fused-ring (bicyclic) bond motifs is 5. The lowest BCUT2D eigenvalue weighted by atomic mass is 9.81. The zero-order valence-corrected chi connectivity index (χ0v) is 23.3. The standard InChI is InChI=1S/C33H34N2O6/c1-33(32(38)39,22-9-11-23(36)12-10-22)34-31(37)21-8-14-25-27(18-21)35-16-17-41-28-19-24(40-2)13-15-26(28)30(35)29(25)20-6-4-3-5-7-20/h8-15,18-20,36H,3-7,16-17H2,1-2H3,(H,34,37)(H,38,39)/t33-/m1/s1. The van der Waals surface area contributed by atoms with Crippen LogP contribution >= 0.6 is 0 Å². The van der Waals surface area contributed by atoms with Crippen LogP contribution in [0.2, 0.25) is 0 Å². The molecule has 0 spiro atoms. The minimum atomic E-state index is -1.69. The summed E-state index contributed by atoms with van der Waals surface area (Å²) in [5, 5.41) is 23.6. The fraction of sp³-hybridized carbons (Fsp3) is 0.333. The lowest BCUT2D eigenvalue weighted by Gasteiger charge is -2.27. The molecule has 0 bridgehead atoms. The van der Waals surface area contributed by atoms with Gasteiger partial charge in [-0.3, -0.25) is 4.79 Å². The predicted octanol–water partition coefficient (Wildman–Crippen LogP) is 6.19. The van der Waals surface area contributed by atoms with Gasteiger partial charge in [-0.25, -0.2) is 4.79 Å². The van der Waals surface area contributed by atoms with Crippen molar-refractivity contribution in [3.05, 3.63) is 77.4 Å². The number of hydrogen-bond donors (Lipinski definition) is 3. The van der Waals surface area contributed by atoms with Gasteiger partial charge in [-0.15, -0.1) is 0 Å². The summed E-state index contributed by atoms with van der Waals surface area (Å²) in [7, 11) is 1.65. The third-order valence-electron chi connectivity index (χ3n) is 8.63. The number of aliphatic carboxylic acids is 1. The van der Waals surface area contributed by atoms with E-state index in [4.69, 9.17) is 9.47 Å². The number of aromatic nitrogens is 1. The number of amides is 1. The number of benzene rings is 3. The molecule has 1 amide bonds. The summed E-state index contributed by atoms with van der Waals surface area (Å²) in [6, 6.07) is 17.4. The molecular formula is C33H34N2O6. The molecule has 1 saturated carbocycles. The Morgan fingerprint density at radius 3 is 2.49 bits per heavy atom. The number of nitrogens with zero attached hydrogens (tertiary/aromatic N) is 1. The van der Waals surface area contributed by atoms with E-state index in [-0.39, 0.29) is 5.75 Å². The van der Waals surface area contributed by atoms with Gasteiger partial charge in [-0.05, 0) is 73.2 Å². The highest BCUT2D eigenvalue weighted by Crippen LogP contribution is 2.47. The van der Waals surface area contributed by atoms with Gasteiger partial charge in [-0.1, -0.05) is 37.5 Å². The Labute approximate surface area is 238 Å². The first kappa shape index (κ1) is 26.7. The third kappa shape index (κ3) is 4.67. The maximum atomic E-state index is 13.6. The lowest BCUT2D eigenvalue weighted by Crippen LogP contribution is -2.49. The number of phenolic OH excluding ortho intramolecular Hbond substituents is 1. The number of methoxy groups -OCH3 is 1. The number of carbonyl (C=O) groups is 2. The Bertz CT molecular complexity index is 1630. The topological polar surface area (TPSA) is 110 Å². The maximum absolute atomic E-state index is 13.6. The fourth-order valence-corrected chi connectivity index (χ4v) is 6.38. The monoisotopic (exact) mass is 554 g/mol. The van der Waals surface area contributed by atoms with E-state index >= 15 is 0 Å². The Morgan fingerprint density at radius 2 is 1.78 bits per heavy atom. The molecule has 0 radical (unpaired) electrons. The Hall–Kier alpha value is -4.46. The second-order valence-corrected chi connectivity index (χ2v) is 11.1. The van der Waals surface area contributed by atoms with Crippen LogP contribution < -0.4 is 14.8 Å². The fourth-order valence-electron chi connectivity index (χ4n) is 6.38. The number of carboxylic acid groups (broad SMARTS) is 1. The second-order valence-electron chi connectivity index (χ2n) is 11.1. The summed E-state index contributed by atoms with van der Waals surface area (Å²) >= 11 is 0. The molecule has 0 saturated heterocycles. The smallest absolute Gasteiger partial charge is 0.333 e. The second kappa shape index (κ2) is 10.5. The average Bonchev–Trinajstić information content (AvgIpc) is 3.18. The quantitative estimate of drug-likeness (QED) is 0.262. The van der Waals surface area contributed by atoms with E-state index in [9.17, 15) is 19.8 Å². The number of carbonyl (C=O) groups excluding carboxylic acids is 1. The lowest BCUT2D eigenvalue weighted by molar-refractivity contribution is -0.144. The van der Waals surface area contributed by atoms with Crippen LogP contribution in [0.5, 0.6) is 17.2 Å². The molecule has 8 nitrogen and oxygen atoms in total. The molecule has 1 aliphatic carbocycles. The van der Waals surface area contributed by atoms with Crippen molar-refractivity contribution in [3.63, 3.8) is 0 Å². The van der Waals surface area contributed by atoms with Crippen LogP contribution in [0.3, 0.4) is 0 Å². The SMILES string of the molecule is COc1ccc2c(c1)OCCn1c-2c(C2CCCCC2)c2ccc(C(=O)N[C@@](C)(C(=O)O)c3ccc(O)cc3)cc21. The molecule has 2 heterocycles. The maximum Gasteiger partial charge on any atom is 0.333 e. The van der Waals surface area contributed by atoms with E-state index in [2.05, 4.69) is 16.0 Å². The largest absolute Gasteiger partial charge is 0.508 e. The predicted molar refractivity (Wildman–Crippen MR) is 156 cm³/mol. The first-order valence-corrected chi connectivity index (χ1v) is 14.1. The molecule has 4 aromatic rings. The summed E-state index contributed by atoms with van der Waals surface area (Å²) in [5.74, 6) is 0.256. The first-order valence-electron chi connectivity index (χ1n) is 14.1. The van der Waals surface area contributed by atoms with E-state index in [1.807, 2.05) is 24.3 Å². The van der Waals surface area contributed by atoms with Crippen molar-refractivity contribution in [3.8, 4) is 28.5 Å². The zero-order chi connectivity index (χ0) is 28.7. The Balaban J connectivity index is 1.47. The van der Waals surface area contributed by atoms with Gasteiger partial charge < -0.3 is 29.6 Å². The molecule has 1 aromatic heterocycles. The van der Waals surface area contributed by atoms with Gasteiger partial charge in [0.25, 0.3) is 5.91 Å². The highest BCUT2D eigenvalue weighted by atomic mass is 16.5. The van der Waals surface area contributed by atoms with Crippen molar-refractivity contribution >= 4 is 22.8 Å². The van der Waals surface area contributed by atoms with Crippen molar-refractivity contribution in [2.24, 2.45) is 0 Å². The molecule has 3 aromatic carbocycles. The van der Waals surface area contributed by atoms with Gasteiger partial charge >= 0.3 is 5.97 Å². The van der Waals surface area contributed by atoms with Crippen molar-refractivity contribution in [1.82, 2.24) is 9.88 Å². The van der Waals surface area contributed by atoms with Crippen molar-refractivity contribution in [1.29, 1.82) is 0 Å². The van der Waals surface area contributed by atoms with Gasteiger partial charge in [0.2, 0.25) is 0 Å². The normalized spacial score (nSPS) is 16.5. The number of phenols is 1. The summed E-state index contributed by atoms with van der Waals surface area (Å²) in [6.07, 6.45) is 5.85. The molecular weight excluding hydrogens is 520 g/mol. The summed E-state index contributed by atoms with van der Waals surface area (Å²) in [4.78, 5) is 25.9. The third-order valence-corrected chi connectivity index (χ3v) is 8.63. The average molecular weight is 555 g/mol. The van der Waals surface area contributed by atoms with E-state index in [1.54, 1.807) is 13.2 Å². The molecule has 8 heteroatoms. The summed E-state index contributed by atoms with van der Waals surface area (Å²) < 4.78 is 13.9. The molecule has 2 aliphatic rings. The van der Waals surface area contributed by atoms with Gasteiger partial charge in [0, 0.05) is 28.1 Å². The molecule has 6 rings (SSSR count). The van der Waals surface area contributed by atoms with E-state index in [0.29, 0.717) is 30.2 Å². The van der Waals surface area contributed by atoms with Crippen LogP contribution in [-0.2, 0) is 16.9 Å². The van der Waals surface area contributed by atoms with Gasteiger partial charge in [0.15, 0.2) is 5.54 Å². The van der Waals surface area contributed by atoms with Gasteiger partial charge in [0.1, 0.15) is 23.9 Å². The van der Waals surface area contributed by atoms with Crippen molar-refractivity contribution < 1.29 is 29.3 Å². The van der Waals surface area contributed by atoms with Crippen LogP contribution in [-0.4, -0.2) is 40.4 Å². The minimum absolute atomic E-state index is 0.0185. The molecule has 212 valence electrons. The minimum Gasteiger partial charge on any atom is -0.508 e. The molecule has 1 aliphatic heterocycles. The van der Waals surface area contributed by atoms with Crippen molar-refractivity contribution in [2.75, 3.05) is 13.7 Å². The van der Waals surface area contributed by atoms with Crippen LogP contribution in [0, 0.1) is 0 Å². The van der Waals surface area contributed by atoms with Crippen molar-refractivity contribution in [2.45, 2.75) is 57.0 Å². The molecule has 1 atom stereocenters. The number of rotatable bonds is 6. The summed E-state index contributed by atoms with van der Waals surface area (Å²) in [6.45, 7) is 2.53.